The van der Waals surface area contributed by atoms with Gasteiger partial charge in [-0.1, -0.05) is 29.8 Å². The lowest BCUT2D eigenvalue weighted by atomic mass is 10.1. The molecule has 1 aromatic carbocycles. The first kappa shape index (κ1) is 11.1. The van der Waals surface area contributed by atoms with Gasteiger partial charge in [0.15, 0.2) is 0 Å². The van der Waals surface area contributed by atoms with E-state index >= 15 is 0 Å². The quantitative estimate of drug-likeness (QED) is 0.645. The van der Waals surface area contributed by atoms with E-state index in [1.54, 1.807) is 6.92 Å². The fourth-order valence-corrected chi connectivity index (χ4v) is 1.60. The third-order valence-electron chi connectivity index (χ3n) is 2.44. The zero-order valence-corrected chi connectivity index (χ0v) is 8.20. The monoisotopic (exact) mass is 234 g/mol. The summed E-state index contributed by atoms with van der Waals surface area (Å²) in [6.45, 7) is 1.73. The summed E-state index contributed by atoms with van der Waals surface area (Å²) in [5, 5.41) is 0. The Bertz CT molecular complexity index is 450. The zero-order chi connectivity index (χ0) is 12.1. The average Bonchev–Trinajstić information content (AvgIpc) is 2.70. The molecule has 2 rings (SSSR count). The summed E-state index contributed by atoms with van der Waals surface area (Å²) in [6.07, 6.45) is -4.95. The molecular formula is C11H7F5. The van der Waals surface area contributed by atoms with Gasteiger partial charge in [-0.3, -0.25) is 0 Å². The maximum Gasteiger partial charge on any atom is 0.419 e. The van der Waals surface area contributed by atoms with Crippen molar-refractivity contribution in [2.75, 3.05) is 0 Å². The van der Waals surface area contributed by atoms with Crippen molar-refractivity contribution < 1.29 is 22.0 Å². The van der Waals surface area contributed by atoms with E-state index in [1.165, 1.54) is 24.3 Å². The number of halogens is 5. The highest BCUT2D eigenvalue weighted by molar-refractivity contribution is 5.92. The van der Waals surface area contributed by atoms with E-state index in [0.717, 1.165) is 5.56 Å². The molecule has 0 aliphatic heterocycles. The molecule has 5 heteroatoms. The van der Waals surface area contributed by atoms with E-state index in [2.05, 4.69) is 0 Å². The van der Waals surface area contributed by atoms with Crippen LogP contribution in [0.5, 0.6) is 0 Å². The maximum atomic E-state index is 12.9. The van der Waals surface area contributed by atoms with E-state index < -0.39 is 23.2 Å². The van der Waals surface area contributed by atoms with Gasteiger partial charge in [-0.05, 0) is 12.5 Å². The second kappa shape index (κ2) is 3.06. The normalized spacial score (nSPS) is 18.9. The van der Waals surface area contributed by atoms with Gasteiger partial charge in [-0.25, -0.2) is 0 Å². The largest absolute Gasteiger partial charge is 0.419 e. The van der Waals surface area contributed by atoms with Gasteiger partial charge in [-0.2, -0.15) is 22.0 Å². The molecule has 0 aromatic heterocycles. The van der Waals surface area contributed by atoms with Crippen LogP contribution in [0, 0.1) is 6.92 Å². The van der Waals surface area contributed by atoms with E-state index in [4.69, 9.17) is 0 Å². The van der Waals surface area contributed by atoms with Crippen LogP contribution in [-0.2, 0) is 0 Å². The third kappa shape index (κ3) is 1.60. The Morgan fingerprint density at radius 1 is 1.00 bits per heavy atom. The van der Waals surface area contributed by atoms with Gasteiger partial charge in [0, 0.05) is 5.57 Å². The highest BCUT2D eigenvalue weighted by Crippen LogP contribution is 2.61. The van der Waals surface area contributed by atoms with Crippen molar-refractivity contribution in [2.45, 2.75) is 19.0 Å². The van der Waals surface area contributed by atoms with Crippen molar-refractivity contribution >= 4 is 5.57 Å². The van der Waals surface area contributed by atoms with E-state index in [0.29, 0.717) is 0 Å². The van der Waals surface area contributed by atoms with Crippen molar-refractivity contribution in [1.82, 2.24) is 0 Å². The van der Waals surface area contributed by atoms with Crippen LogP contribution in [0.15, 0.2) is 29.8 Å². The average molecular weight is 234 g/mol. The molecular weight excluding hydrogens is 227 g/mol. The minimum Gasteiger partial charge on any atom is -0.196 e. The fraction of sp³-hybridized carbons (Fsp3) is 0.273. The molecule has 0 heterocycles. The van der Waals surface area contributed by atoms with Crippen molar-refractivity contribution in [3.05, 3.63) is 41.0 Å². The summed E-state index contributed by atoms with van der Waals surface area (Å²) in [6, 6.07) is 5.56. The van der Waals surface area contributed by atoms with Crippen molar-refractivity contribution in [3.8, 4) is 0 Å². The van der Waals surface area contributed by atoms with Crippen LogP contribution in [-0.4, -0.2) is 12.1 Å². The van der Waals surface area contributed by atoms with E-state index in [9.17, 15) is 22.0 Å². The highest BCUT2D eigenvalue weighted by Gasteiger charge is 2.67. The molecule has 0 spiro atoms. The molecule has 86 valence electrons. The van der Waals surface area contributed by atoms with Gasteiger partial charge in [0.2, 0.25) is 0 Å². The summed E-state index contributed by atoms with van der Waals surface area (Å²) in [4.78, 5) is 0. The Morgan fingerprint density at radius 3 is 1.88 bits per heavy atom. The fourth-order valence-electron chi connectivity index (χ4n) is 1.60. The number of benzene rings is 1. The molecule has 0 nitrogen and oxygen atoms in total. The van der Waals surface area contributed by atoms with Crippen LogP contribution in [0.1, 0.15) is 11.1 Å². The minimum atomic E-state index is -4.95. The summed E-state index contributed by atoms with van der Waals surface area (Å²) in [5.41, 5.74) is -1.88. The Labute approximate surface area is 88.4 Å². The maximum absolute atomic E-state index is 12.9. The predicted molar refractivity (Wildman–Crippen MR) is 49.1 cm³/mol. The van der Waals surface area contributed by atoms with Crippen LogP contribution >= 0.6 is 0 Å². The number of alkyl halides is 5. The molecule has 0 N–H and O–H groups in total. The molecule has 0 atom stereocenters. The van der Waals surface area contributed by atoms with Crippen LogP contribution in [0.2, 0.25) is 0 Å². The second-order valence-electron chi connectivity index (χ2n) is 3.69. The zero-order valence-electron chi connectivity index (χ0n) is 8.20. The van der Waals surface area contributed by atoms with Crippen LogP contribution in [0.4, 0.5) is 22.0 Å². The molecule has 0 saturated heterocycles. The van der Waals surface area contributed by atoms with Crippen LogP contribution < -0.4 is 0 Å². The van der Waals surface area contributed by atoms with Gasteiger partial charge in [0.25, 0.3) is 0 Å². The van der Waals surface area contributed by atoms with Crippen LogP contribution in [0.3, 0.4) is 0 Å². The molecule has 0 saturated carbocycles. The first-order valence-corrected chi connectivity index (χ1v) is 4.52. The first-order valence-electron chi connectivity index (χ1n) is 4.52. The molecule has 1 aliphatic carbocycles. The Morgan fingerprint density at radius 2 is 1.50 bits per heavy atom. The van der Waals surface area contributed by atoms with Gasteiger partial charge in [0.1, 0.15) is 5.57 Å². The summed E-state index contributed by atoms with van der Waals surface area (Å²) >= 11 is 0. The number of aryl methyl sites for hydroxylation is 1. The highest BCUT2D eigenvalue weighted by atomic mass is 19.4. The molecule has 1 aliphatic rings. The smallest absolute Gasteiger partial charge is 0.196 e. The Balaban J connectivity index is 2.42. The number of rotatable bonds is 1. The molecule has 0 unspecified atom stereocenters. The van der Waals surface area contributed by atoms with E-state index in [-0.39, 0.29) is 5.56 Å². The summed E-state index contributed by atoms with van der Waals surface area (Å²) in [5.74, 6) is -3.83. The molecule has 0 bridgehead atoms. The van der Waals surface area contributed by atoms with Gasteiger partial charge < -0.3 is 0 Å². The molecule has 1 aromatic rings. The first-order chi connectivity index (χ1) is 7.24. The molecule has 16 heavy (non-hydrogen) atoms. The number of allylic oxidation sites excluding steroid dienone is 2. The number of hydrogen-bond donors (Lipinski definition) is 0. The lowest BCUT2D eigenvalue weighted by Gasteiger charge is -2.01. The molecule has 0 amide bonds. The SMILES string of the molecule is Cc1ccc(C2=C(C(F)(F)F)C2(F)F)cc1. The Hall–Kier alpha value is -1.39. The van der Waals surface area contributed by atoms with Crippen molar-refractivity contribution in [2.24, 2.45) is 0 Å². The minimum absolute atomic E-state index is 0.0667. The second-order valence-corrected chi connectivity index (χ2v) is 3.69. The van der Waals surface area contributed by atoms with Crippen molar-refractivity contribution in [1.29, 1.82) is 0 Å². The molecule has 0 radical (unpaired) electrons. The summed E-state index contributed by atoms with van der Waals surface area (Å²) < 4.78 is 62.5. The van der Waals surface area contributed by atoms with Gasteiger partial charge in [-0.15, -0.1) is 0 Å². The van der Waals surface area contributed by atoms with E-state index in [1.807, 2.05) is 0 Å². The standard InChI is InChI=1S/C11H7F5/c1-6-2-4-7(5-3-6)8-9(10(8,12)13)11(14,15)16/h2-5H,1H3. The predicted octanol–water partition coefficient (Wildman–Crippen LogP) is 3.96. The molecule has 0 fully saturated rings. The lowest BCUT2D eigenvalue weighted by Crippen LogP contribution is -2.12. The number of hydrogen-bond acceptors (Lipinski definition) is 0. The Kier molecular flexibility index (Phi) is 2.12. The lowest BCUT2D eigenvalue weighted by molar-refractivity contribution is -0.102. The summed E-state index contributed by atoms with van der Waals surface area (Å²) in [7, 11) is 0. The topological polar surface area (TPSA) is 0 Å². The van der Waals surface area contributed by atoms with Gasteiger partial charge >= 0.3 is 12.1 Å². The van der Waals surface area contributed by atoms with Crippen molar-refractivity contribution in [3.63, 3.8) is 0 Å². The van der Waals surface area contributed by atoms with Crippen LogP contribution in [0.25, 0.3) is 5.57 Å². The van der Waals surface area contributed by atoms with Gasteiger partial charge in [0.05, 0.1) is 0 Å². The third-order valence-corrected chi connectivity index (χ3v) is 2.44.